The monoisotopic (exact) mass is 200 g/mol. The molecule has 1 atom stereocenters. The molecule has 0 saturated heterocycles. The molecule has 0 amide bonds. The number of carbonyl (C=O) groups excluding carboxylic acids is 1. The Morgan fingerprint density at radius 3 is 2.67 bits per heavy atom. The summed E-state index contributed by atoms with van der Waals surface area (Å²) in [4.78, 5) is 11.3. The van der Waals surface area contributed by atoms with Gasteiger partial charge in [-0.3, -0.25) is 4.79 Å². The summed E-state index contributed by atoms with van der Waals surface area (Å²) in [6, 6.07) is 10.4. The van der Waals surface area contributed by atoms with Gasteiger partial charge >= 0.3 is 0 Å². The van der Waals surface area contributed by atoms with Crippen LogP contribution in [0.25, 0.3) is 5.57 Å². The van der Waals surface area contributed by atoms with E-state index in [1.54, 1.807) is 6.92 Å². The zero-order valence-electron chi connectivity index (χ0n) is 9.07. The third-order valence-corrected chi connectivity index (χ3v) is 3.09. The molecule has 1 aromatic carbocycles. The number of Topliss-reactive ketones (excluding diaryl/α,β-unsaturated/α-hetero) is 1. The summed E-state index contributed by atoms with van der Waals surface area (Å²) in [5, 5.41) is 0. The van der Waals surface area contributed by atoms with Gasteiger partial charge in [0.15, 0.2) is 0 Å². The van der Waals surface area contributed by atoms with Crippen LogP contribution in [-0.2, 0) is 4.79 Å². The van der Waals surface area contributed by atoms with Gasteiger partial charge in [0.1, 0.15) is 5.78 Å². The number of allylic oxidation sites excluding steroid dienone is 2. The van der Waals surface area contributed by atoms with Gasteiger partial charge in [-0.1, -0.05) is 36.4 Å². The van der Waals surface area contributed by atoms with Gasteiger partial charge in [-0.25, -0.2) is 0 Å². The van der Waals surface area contributed by atoms with Crippen LogP contribution < -0.4 is 0 Å². The molecule has 1 unspecified atom stereocenters. The molecular weight excluding hydrogens is 184 g/mol. The third kappa shape index (κ3) is 2.35. The maximum atomic E-state index is 11.3. The predicted octanol–water partition coefficient (Wildman–Crippen LogP) is 3.46. The Kier molecular flexibility index (Phi) is 3.00. The molecule has 0 aliphatic heterocycles. The van der Waals surface area contributed by atoms with Crippen LogP contribution in [0.3, 0.4) is 0 Å². The highest BCUT2D eigenvalue weighted by molar-refractivity contribution is 5.82. The summed E-state index contributed by atoms with van der Waals surface area (Å²) >= 11 is 0. The minimum atomic E-state index is 0.241. The minimum Gasteiger partial charge on any atom is -0.300 e. The van der Waals surface area contributed by atoms with E-state index in [1.807, 2.05) is 18.2 Å². The van der Waals surface area contributed by atoms with Gasteiger partial charge in [0.05, 0.1) is 0 Å². The lowest BCUT2D eigenvalue weighted by atomic mass is 9.84. The van der Waals surface area contributed by atoms with Crippen molar-refractivity contribution in [3.05, 3.63) is 42.0 Å². The average Bonchev–Trinajstić information content (AvgIpc) is 2.30. The van der Waals surface area contributed by atoms with E-state index in [1.165, 1.54) is 11.1 Å². The molecule has 2 rings (SSSR count). The largest absolute Gasteiger partial charge is 0.300 e. The molecule has 0 saturated carbocycles. The SMILES string of the molecule is CC(=O)C1CCC=C(c2ccccc2)C1. The third-order valence-electron chi connectivity index (χ3n) is 3.09. The van der Waals surface area contributed by atoms with Gasteiger partial charge < -0.3 is 0 Å². The van der Waals surface area contributed by atoms with Crippen molar-refractivity contribution in [3.8, 4) is 0 Å². The van der Waals surface area contributed by atoms with Gasteiger partial charge in [-0.2, -0.15) is 0 Å². The van der Waals surface area contributed by atoms with Gasteiger partial charge in [0.25, 0.3) is 0 Å². The Morgan fingerprint density at radius 1 is 1.27 bits per heavy atom. The molecule has 1 heteroatoms. The van der Waals surface area contributed by atoms with Gasteiger partial charge in [-0.15, -0.1) is 0 Å². The number of benzene rings is 1. The molecule has 1 aliphatic rings. The van der Waals surface area contributed by atoms with Gasteiger partial charge in [-0.05, 0) is 37.3 Å². The van der Waals surface area contributed by atoms with E-state index in [-0.39, 0.29) is 5.92 Å². The van der Waals surface area contributed by atoms with Gasteiger partial charge in [0.2, 0.25) is 0 Å². The summed E-state index contributed by atoms with van der Waals surface area (Å²) in [6.07, 6.45) is 5.24. The number of carbonyl (C=O) groups is 1. The van der Waals surface area contributed by atoms with Crippen LogP contribution in [-0.4, -0.2) is 5.78 Å². The molecule has 15 heavy (non-hydrogen) atoms. The number of hydrogen-bond donors (Lipinski definition) is 0. The van der Waals surface area contributed by atoms with Crippen LogP contribution in [0, 0.1) is 5.92 Å². The summed E-state index contributed by atoms with van der Waals surface area (Å²) in [5.74, 6) is 0.571. The fourth-order valence-electron chi connectivity index (χ4n) is 2.14. The van der Waals surface area contributed by atoms with Crippen LogP contribution in [0.5, 0.6) is 0 Å². The quantitative estimate of drug-likeness (QED) is 0.714. The zero-order chi connectivity index (χ0) is 10.7. The Morgan fingerprint density at radius 2 is 2.00 bits per heavy atom. The fraction of sp³-hybridized carbons (Fsp3) is 0.357. The van der Waals surface area contributed by atoms with E-state index in [0.29, 0.717) is 5.78 Å². The van der Waals surface area contributed by atoms with Crippen LogP contribution >= 0.6 is 0 Å². The summed E-state index contributed by atoms with van der Waals surface area (Å²) in [7, 11) is 0. The first-order valence-corrected chi connectivity index (χ1v) is 5.52. The molecule has 0 N–H and O–H groups in total. The first-order chi connectivity index (χ1) is 7.27. The van der Waals surface area contributed by atoms with E-state index in [9.17, 15) is 4.79 Å². The summed E-state index contributed by atoms with van der Waals surface area (Å²) in [5.41, 5.74) is 2.60. The van der Waals surface area contributed by atoms with Crippen molar-refractivity contribution in [2.75, 3.05) is 0 Å². The lowest BCUT2D eigenvalue weighted by molar-refractivity contribution is -0.120. The molecule has 1 nitrogen and oxygen atoms in total. The Balaban J connectivity index is 2.18. The first-order valence-electron chi connectivity index (χ1n) is 5.52. The highest BCUT2D eigenvalue weighted by atomic mass is 16.1. The van der Waals surface area contributed by atoms with Crippen molar-refractivity contribution >= 4 is 11.4 Å². The van der Waals surface area contributed by atoms with Crippen LogP contribution in [0.2, 0.25) is 0 Å². The maximum Gasteiger partial charge on any atom is 0.133 e. The Bertz CT molecular complexity index is 376. The lowest BCUT2D eigenvalue weighted by Crippen LogP contribution is -2.14. The lowest BCUT2D eigenvalue weighted by Gasteiger charge is -2.20. The van der Waals surface area contributed by atoms with E-state index in [2.05, 4.69) is 18.2 Å². The number of rotatable bonds is 2. The van der Waals surface area contributed by atoms with Gasteiger partial charge in [0, 0.05) is 5.92 Å². The molecule has 1 aromatic rings. The van der Waals surface area contributed by atoms with Crippen molar-refractivity contribution in [2.24, 2.45) is 5.92 Å². The summed E-state index contributed by atoms with van der Waals surface area (Å²) < 4.78 is 0. The van der Waals surface area contributed by atoms with Crippen molar-refractivity contribution in [1.82, 2.24) is 0 Å². The molecule has 0 fully saturated rings. The Hall–Kier alpha value is -1.37. The molecule has 0 aromatic heterocycles. The van der Waals surface area contributed by atoms with E-state index in [0.717, 1.165) is 19.3 Å². The van der Waals surface area contributed by atoms with Crippen LogP contribution in [0.4, 0.5) is 0 Å². The topological polar surface area (TPSA) is 17.1 Å². The zero-order valence-corrected chi connectivity index (χ0v) is 9.07. The Labute approximate surface area is 90.8 Å². The molecule has 0 spiro atoms. The van der Waals surface area contributed by atoms with E-state index >= 15 is 0 Å². The smallest absolute Gasteiger partial charge is 0.133 e. The van der Waals surface area contributed by atoms with Crippen LogP contribution in [0.15, 0.2) is 36.4 Å². The van der Waals surface area contributed by atoms with Crippen molar-refractivity contribution in [3.63, 3.8) is 0 Å². The number of ketones is 1. The second-order valence-electron chi connectivity index (χ2n) is 4.18. The predicted molar refractivity (Wildman–Crippen MR) is 62.4 cm³/mol. The highest BCUT2D eigenvalue weighted by Crippen LogP contribution is 2.31. The second kappa shape index (κ2) is 4.43. The highest BCUT2D eigenvalue weighted by Gasteiger charge is 2.19. The molecular formula is C14H16O. The molecule has 1 aliphatic carbocycles. The van der Waals surface area contributed by atoms with E-state index in [4.69, 9.17) is 0 Å². The summed E-state index contributed by atoms with van der Waals surface area (Å²) in [6.45, 7) is 1.71. The standard InChI is InChI=1S/C14H16O/c1-11(15)13-8-5-9-14(10-13)12-6-3-2-4-7-12/h2-4,6-7,9,13H,5,8,10H2,1H3. The molecule has 78 valence electrons. The van der Waals surface area contributed by atoms with Crippen molar-refractivity contribution in [2.45, 2.75) is 26.2 Å². The number of hydrogen-bond acceptors (Lipinski definition) is 1. The minimum absolute atomic E-state index is 0.241. The van der Waals surface area contributed by atoms with E-state index < -0.39 is 0 Å². The van der Waals surface area contributed by atoms with Crippen LogP contribution in [0.1, 0.15) is 31.7 Å². The molecule has 0 heterocycles. The normalized spacial score (nSPS) is 20.9. The maximum absolute atomic E-state index is 11.3. The fourth-order valence-corrected chi connectivity index (χ4v) is 2.14. The molecule has 0 bridgehead atoms. The average molecular weight is 200 g/mol. The van der Waals surface area contributed by atoms with Crippen molar-refractivity contribution in [1.29, 1.82) is 0 Å². The molecule has 0 radical (unpaired) electrons. The first kappa shape index (κ1) is 10.2. The second-order valence-corrected chi connectivity index (χ2v) is 4.18. The van der Waals surface area contributed by atoms with Crippen molar-refractivity contribution < 1.29 is 4.79 Å².